The number of rotatable bonds is 8. The van der Waals surface area contributed by atoms with Gasteiger partial charge in [0.2, 0.25) is 0 Å². The molecule has 3 aromatic rings. The van der Waals surface area contributed by atoms with Gasteiger partial charge in [-0.3, -0.25) is 0 Å². The van der Waals surface area contributed by atoms with Gasteiger partial charge in [0.05, 0.1) is 25.5 Å². The second-order valence-corrected chi connectivity index (χ2v) is 7.45. The fraction of sp³-hybridized carbons (Fsp3) is 0.261. The Hall–Kier alpha value is -3.24. The number of pyridine rings is 1. The van der Waals surface area contributed by atoms with E-state index in [1.54, 1.807) is 43.4 Å². The number of hydrogen-bond donors (Lipinski definition) is 2. The molecule has 0 fully saturated rings. The zero-order valence-corrected chi connectivity index (χ0v) is 18.4. The number of methoxy groups -OCH3 is 2. The van der Waals surface area contributed by atoms with Gasteiger partial charge in [-0.1, -0.05) is 24.3 Å². The summed E-state index contributed by atoms with van der Waals surface area (Å²) in [5, 5.41) is 19.3. The van der Waals surface area contributed by atoms with Crippen LogP contribution in [0.4, 0.5) is 19.0 Å². The summed E-state index contributed by atoms with van der Waals surface area (Å²) in [6.45, 7) is 1.83. The molecule has 3 rings (SSSR count). The minimum absolute atomic E-state index is 0.190. The summed E-state index contributed by atoms with van der Waals surface area (Å²) in [6, 6.07) is 15.6. The minimum Gasteiger partial charge on any atom is -0.497 e. The van der Waals surface area contributed by atoms with E-state index in [0.29, 0.717) is 24.6 Å². The number of hydrogen-bond acceptors (Lipinski definition) is 6. The van der Waals surface area contributed by atoms with E-state index in [-0.39, 0.29) is 11.5 Å². The fourth-order valence-electron chi connectivity index (χ4n) is 3.54. The van der Waals surface area contributed by atoms with Crippen LogP contribution in [0.15, 0.2) is 54.6 Å². The highest BCUT2D eigenvalue weighted by Gasteiger charge is 2.39. The van der Waals surface area contributed by atoms with Crippen LogP contribution < -0.4 is 19.8 Å². The molecule has 0 aliphatic rings. The van der Waals surface area contributed by atoms with Crippen molar-refractivity contribution in [1.82, 2.24) is 4.98 Å². The van der Waals surface area contributed by atoms with Crippen LogP contribution in [0.1, 0.15) is 22.4 Å². The number of nitrogens with zero attached hydrogens (tertiary/aromatic N) is 2. The second kappa shape index (κ2) is 10.1. The summed E-state index contributed by atoms with van der Waals surface area (Å²) < 4.78 is 51.0. The Morgan fingerprint density at radius 2 is 1.33 bits per heavy atom. The second-order valence-electron chi connectivity index (χ2n) is 7.45. The largest absolute Gasteiger partial charge is 0.497 e. The van der Waals surface area contributed by atoms with Crippen molar-refractivity contribution in [3.8, 4) is 11.5 Å². The molecule has 0 spiro atoms. The summed E-state index contributed by atoms with van der Waals surface area (Å²) in [5.41, 5.74) is -0.378. The minimum atomic E-state index is -4.77. The van der Waals surface area contributed by atoms with Gasteiger partial charge in [-0.05, 0) is 53.8 Å². The molecular formula is C23H24BF3N2O4. The molecule has 0 radical (unpaired) electrons. The Morgan fingerprint density at radius 1 is 0.879 bits per heavy atom. The third kappa shape index (κ3) is 5.97. The van der Waals surface area contributed by atoms with Crippen LogP contribution in [0.25, 0.3) is 0 Å². The maximum absolute atomic E-state index is 13.5. The molecule has 10 heteroatoms. The van der Waals surface area contributed by atoms with Crippen molar-refractivity contribution in [1.29, 1.82) is 0 Å². The van der Waals surface area contributed by atoms with Gasteiger partial charge in [0, 0.05) is 13.1 Å². The molecule has 1 heterocycles. The van der Waals surface area contributed by atoms with E-state index in [0.717, 1.165) is 17.2 Å². The Morgan fingerprint density at radius 3 is 1.70 bits per heavy atom. The van der Waals surface area contributed by atoms with Gasteiger partial charge in [-0.2, -0.15) is 13.2 Å². The standard InChI is InChI=1S/C23H24BF3N2O4/c1-15-22(23(25,26)27)20(24(30)31)12-21(28-15)29(13-16-4-8-18(32-2)9-5-16)14-17-6-10-19(33-3)11-7-17/h4-12,30-31H,13-14H2,1-3H3. The Labute approximate surface area is 190 Å². The van der Waals surface area contributed by atoms with Gasteiger partial charge < -0.3 is 24.4 Å². The summed E-state index contributed by atoms with van der Waals surface area (Å²) in [7, 11) is 0.814. The lowest BCUT2D eigenvalue weighted by Gasteiger charge is -2.27. The molecule has 33 heavy (non-hydrogen) atoms. The van der Waals surface area contributed by atoms with Crippen LogP contribution >= 0.6 is 0 Å². The first kappa shape index (κ1) is 24.4. The lowest BCUT2D eigenvalue weighted by atomic mass is 9.76. The molecule has 0 amide bonds. The first-order chi connectivity index (χ1) is 15.6. The summed E-state index contributed by atoms with van der Waals surface area (Å²) in [4.78, 5) is 5.94. The maximum atomic E-state index is 13.5. The molecule has 0 atom stereocenters. The van der Waals surface area contributed by atoms with E-state index in [2.05, 4.69) is 4.98 Å². The number of anilines is 1. The zero-order valence-electron chi connectivity index (χ0n) is 18.4. The van der Waals surface area contributed by atoms with Gasteiger partial charge in [0.25, 0.3) is 0 Å². The van der Waals surface area contributed by atoms with Crippen molar-refractivity contribution >= 4 is 18.4 Å². The Kier molecular flexibility index (Phi) is 7.50. The molecule has 0 aliphatic heterocycles. The zero-order chi connectivity index (χ0) is 24.2. The van der Waals surface area contributed by atoms with Crippen molar-refractivity contribution in [2.75, 3.05) is 19.1 Å². The normalized spacial score (nSPS) is 11.3. The molecule has 1 aromatic heterocycles. The lowest BCUT2D eigenvalue weighted by Crippen LogP contribution is -2.38. The number of alkyl halides is 3. The highest BCUT2D eigenvalue weighted by Crippen LogP contribution is 2.32. The number of ether oxygens (including phenoxy) is 2. The van der Waals surface area contributed by atoms with E-state index in [1.807, 2.05) is 24.3 Å². The van der Waals surface area contributed by atoms with Crippen molar-refractivity contribution in [2.24, 2.45) is 0 Å². The molecule has 2 aromatic carbocycles. The van der Waals surface area contributed by atoms with Crippen LogP contribution in [-0.4, -0.2) is 36.4 Å². The summed E-state index contributed by atoms with van der Waals surface area (Å²) in [5.74, 6) is 1.54. The van der Waals surface area contributed by atoms with Crippen LogP contribution in [0.3, 0.4) is 0 Å². The maximum Gasteiger partial charge on any atom is 0.489 e. The number of benzene rings is 2. The number of aryl methyl sites for hydroxylation is 1. The molecule has 174 valence electrons. The van der Waals surface area contributed by atoms with Crippen LogP contribution in [0, 0.1) is 6.92 Å². The fourth-order valence-corrected chi connectivity index (χ4v) is 3.54. The van der Waals surface area contributed by atoms with Crippen molar-refractivity contribution in [3.05, 3.63) is 77.0 Å². The van der Waals surface area contributed by atoms with Gasteiger partial charge in [-0.25, -0.2) is 4.98 Å². The summed E-state index contributed by atoms with van der Waals surface area (Å²) in [6.07, 6.45) is -4.77. The topological polar surface area (TPSA) is 75.1 Å². The first-order valence-corrected chi connectivity index (χ1v) is 10.1. The highest BCUT2D eigenvalue weighted by molar-refractivity contribution is 6.59. The Balaban J connectivity index is 2.04. The van der Waals surface area contributed by atoms with Gasteiger partial charge >= 0.3 is 13.3 Å². The molecule has 2 N–H and O–H groups in total. The number of halogens is 3. The lowest BCUT2D eigenvalue weighted by molar-refractivity contribution is -0.137. The van der Waals surface area contributed by atoms with Crippen molar-refractivity contribution in [3.63, 3.8) is 0 Å². The van der Waals surface area contributed by atoms with Crippen LogP contribution in [0.5, 0.6) is 11.5 Å². The molecular weight excluding hydrogens is 436 g/mol. The molecule has 0 unspecified atom stereocenters. The molecule has 6 nitrogen and oxygen atoms in total. The van der Waals surface area contributed by atoms with E-state index in [9.17, 15) is 23.2 Å². The third-order valence-electron chi connectivity index (χ3n) is 5.17. The summed E-state index contributed by atoms with van der Waals surface area (Å²) >= 11 is 0. The monoisotopic (exact) mass is 460 g/mol. The van der Waals surface area contributed by atoms with Crippen LogP contribution in [0.2, 0.25) is 0 Å². The van der Waals surface area contributed by atoms with Crippen molar-refractivity contribution < 1.29 is 32.7 Å². The quantitative estimate of drug-likeness (QED) is 0.503. The molecule has 0 saturated heterocycles. The van der Waals surface area contributed by atoms with Gasteiger partial charge in [-0.15, -0.1) is 0 Å². The molecule has 0 saturated carbocycles. The van der Waals surface area contributed by atoms with Crippen LogP contribution in [-0.2, 0) is 19.3 Å². The van der Waals surface area contributed by atoms with Gasteiger partial charge in [0.1, 0.15) is 17.3 Å². The SMILES string of the molecule is COc1ccc(CN(Cc2ccc(OC)cc2)c2cc(B(O)O)c(C(F)(F)F)c(C)n2)cc1. The van der Waals surface area contributed by atoms with E-state index in [4.69, 9.17) is 9.47 Å². The predicted octanol–water partition coefficient (Wildman–Crippen LogP) is 3.31. The van der Waals surface area contributed by atoms with E-state index in [1.165, 1.54) is 6.92 Å². The number of aromatic nitrogens is 1. The van der Waals surface area contributed by atoms with E-state index >= 15 is 0 Å². The third-order valence-corrected chi connectivity index (χ3v) is 5.17. The first-order valence-electron chi connectivity index (χ1n) is 10.1. The highest BCUT2D eigenvalue weighted by atomic mass is 19.4. The average molecular weight is 460 g/mol. The van der Waals surface area contributed by atoms with Gasteiger partial charge in [0.15, 0.2) is 0 Å². The molecule has 0 aliphatic carbocycles. The molecule has 0 bridgehead atoms. The Bertz CT molecular complexity index is 1030. The predicted molar refractivity (Wildman–Crippen MR) is 120 cm³/mol. The van der Waals surface area contributed by atoms with Crippen molar-refractivity contribution in [2.45, 2.75) is 26.2 Å². The van der Waals surface area contributed by atoms with E-state index < -0.39 is 24.3 Å². The smallest absolute Gasteiger partial charge is 0.489 e. The average Bonchev–Trinajstić information content (AvgIpc) is 2.78.